The average molecular weight is 236 g/mol. The largest absolute Gasteiger partial charge is 0.338 e. The Morgan fingerprint density at radius 2 is 2.11 bits per heavy atom. The number of H-pyrrole nitrogens is 1. The number of pyridine rings is 2. The molecule has 0 fully saturated rings. The highest BCUT2D eigenvalue weighted by Crippen LogP contribution is 2.25. The summed E-state index contributed by atoms with van der Waals surface area (Å²) >= 11 is 0. The van der Waals surface area contributed by atoms with Gasteiger partial charge in [0.15, 0.2) is 0 Å². The van der Waals surface area contributed by atoms with E-state index in [0.29, 0.717) is 5.69 Å². The smallest absolute Gasteiger partial charge is 0.141 e. The number of hydrogen-bond acceptors (Lipinski definition) is 3. The van der Waals surface area contributed by atoms with Crippen molar-refractivity contribution in [2.24, 2.45) is 0 Å². The van der Waals surface area contributed by atoms with Gasteiger partial charge in [-0.3, -0.25) is 0 Å². The van der Waals surface area contributed by atoms with E-state index in [4.69, 9.17) is 5.26 Å². The Kier molecular flexibility index (Phi) is 2.45. The molecule has 0 radical (unpaired) electrons. The molecule has 0 aliphatic rings. The Hall–Kier alpha value is -2.41. The van der Waals surface area contributed by atoms with Crippen molar-refractivity contribution in [3.63, 3.8) is 0 Å². The lowest BCUT2D eigenvalue weighted by Gasteiger charge is -1.97. The van der Waals surface area contributed by atoms with E-state index in [-0.39, 0.29) is 0 Å². The van der Waals surface area contributed by atoms with Crippen LogP contribution in [-0.2, 0) is 6.42 Å². The molecule has 3 aromatic rings. The highest BCUT2D eigenvalue weighted by atomic mass is 14.9. The van der Waals surface area contributed by atoms with Crippen LogP contribution in [0.3, 0.4) is 0 Å². The highest BCUT2D eigenvalue weighted by molar-refractivity contribution is 6.05. The van der Waals surface area contributed by atoms with Gasteiger partial charge in [-0.1, -0.05) is 13.3 Å². The standard InChI is InChI=1S/C14H12N4/c1-2-3-9-4-12-11-5-10(6-15)16-8-13(11)18-14(12)17-7-9/h4-5,7-8H,2-3H2,1H3,(H,17,18). The third-order valence-corrected chi connectivity index (χ3v) is 3.04. The first-order valence-electron chi connectivity index (χ1n) is 5.98. The lowest BCUT2D eigenvalue weighted by molar-refractivity contribution is 0.917. The first kappa shape index (κ1) is 10.7. The fraction of sp³-hybridized carbons (Fsp3) is 0.214. The number of aromatic nitrogens is 3. The molecule has 0 saturated carbocycles. The van der Waals surface area contributed by atoms with Crippen LogP contribution in [0.15, 0.2) is 24.5 Å². The van der Waals surface area contributed by atoms with Crippen LogP contribution in [-0.4, -0.2) is 15.0 Å². The van der Waals surface area contributed by atoms with Crippen molar-refractivity contribution in [2.45, 2.75) is 19.8 Å². The quantitative estimate of drug-likeness (QED) is 0.744. The predicted octanol–water partition coefficient (Wildman–Crippen LogP) is 2.94. The van der Waals surface area contributed by atoms with Gasteiger partial charge in [0.1, 0.15) is 17.4 Å². The second-order valence-electron chi connectivity index (χ2n) is 4.34. The predicted molar refractivity (Wildman–Crippen MR) is 70.1 cm³/mol. The van der Waals surface area contributed by atoms with E-state index in [2.05, 4.69) is 34.0 Å². The lowest BCUT2D eigenvalue weighted by atomic mass is 10.1. The average Bonchev–Trinajstić information content (AvgIpc) is 2.76. The summed E-state index contributed by atoms with van der Waals surface area (Å²) in [5.41, 5.74) is 3.43. The Labute approximate surface area is 104 Å². The minimum atomic E-state index is 0.435. The van der Waals surface area contributed by atoms with Crippen LogP contribution in [0.4, 0.5) is 0 Å². The number of nitriles is 1. The van der Waals surface area contributed by atoms with E-state index in [1.807, 2.05) is 12.3 Å². The van der Waals surface area contributed by atoms with Gasteiger partial charge >= 0.3 is 0 Å². The monoisotopic (exact) mass is 236 g/mol. The molecule has 0 aromatic carbocycles. The fourth-order valence-electron chi connectivity index (χ4n) is 2.20. The number of fused-ring (bicyclic) bond motifs is 3. The zero-order chi connectivity index (χ0) is 12.5. The summed E-state index contributed by atoms with van der Waals surface area (Å²) in [4.78, 5) is 11.7. The van der Waals surface area contributed by atoms with Crippen LogP contribution in [0.5, 0.6) is 0 Å². The molecule has 0 amide bonds. The number of rotatable bonds is 2. The van der Waals surface area contributed by atoms with Crippen LogP contribution in [0.1, 0.15) is 24.6 Å². The van der Waals surface area contributed by atoms with Gasteiger partial charge in [-0.15, -0.1) is 0 Å². The van der Waals surface area contributed by atoms with Crippen molar-refractivity contribution in [3.05, 3.63) is 35.8 Å². The second kappa shape index (κ2) is 4.11. The van der Waals surface area contributed by atoms with Gasteiger partial charge in [-0.2, -0.15) is 5.26 Å². The third-order valence-electron chi connectivity index (χ3n) is 3.04. The fourth-order valence-corrected chi connectivity index (χ4v) is 2.20. The Bertz CT molecular complexity index is 764. The maximum absolute atomic E-state index is 8.91. The Morgan fingerprint density at radius 3 is 2.89 bits per heavy atom. The van der Waals surface area contributed by atoms with Crippen LogP contribution in [0, 0.1) is 11.3 Å². The minimum Gasteiger partial charge on any atom is -0.338 e. The SMILES string of the molecule is CCCc1cnc2[nH]c3cnc(C#N)cc3c2c1. The molecule has 0 aliphatic heterocycles. The topological polar surface area (TPSA) is 65.4 Å². The molecule has 18 heavy (non-hydrogen) atoms. The van der Waals surface area contributed by atoms with Crippen molar-refractivity contribution in [1.29, 1.82) is 5.26 Å². The van der Waals surface area contributed by atoms with Crippen LogP contribution < -0.4 is 0 Å². The molecular formula is C14H12N4. The number of aryl methyl sites for hydroxylation is 1. The second-order valence-corrected chi connectivity index (χ2v) is 4.34. The molecule has 4 nitrogen and oxygen atoms in total. The van der Waals surface area contributed by atoms with Gasteiger partial charge in [0.2, 0.25) is 0 Å². The van der Waals surface area contributed by atoms with Crippen molar-refractivity contribution in [1.82, 2.24) is 15.0 Å². The summed E-state index contributed by atoms with van der Waals surface area (Å²) < 4.78 is 0. The zero-order valence-electron chi connectivity index (χ0n) is 10.1. The number of hydrogen-bond donors (Lipinski definition) is 1. The summed E-state index contributed by atoms with van der Waals surface area (Å²) in [7, 11) is 0. The molecule has 3 heterocycles. The van der Waals surface area contributed by atoms with E-state index < -0.39 is 0 Å². The Balaban J connectivity index is 2.31. The number of aromatic amines is 1. The van der Waals surface area contributed by atoms with E-state index in [1.165, 1.54) is 5.56 Å². The number of nitrogens with one attached hydrogen (secondary N) is 1. The minimum absolute atomic E-state index is 0.435. The van der Waals surface area contributed by atoms with Gasteiger partial charge in [-0.05, 0) is 24.1 Å². The van der Waals surface area contributed by atoms with Crippen molar-refractivity contribution in [3.8, 4) is 6.07 Å². The molecule has 0 unspecified atom stereocenters. The van der Waals surface area contributed by atoms with E-state index >= 15 is 0 Å². The van der Waals surface area contributed by atoms with Crippen molar-refractivity contribution in [2.75, 3.05) is 0 Å². The first-order chi connectivity index (χ1) is 8.81. The van der Waals surface area contributed by atoms with Crippen LogP contribution in [0.2, 0.25) is 0 Å². The summed E-state index contributed by atoms with van der Waals surface area (Å²) in [6.07, 6.45) is 5.71. The zero-order valence-corrected chi connectivity index (χ0v) is 10.1. The van der Waals surface area contributed by atoms with Crippen molar-refractivity contribution < 1.29 is 0 Å². The highest BCUT2D eigenvalue weighted by Gasteiger charge is 2.07. The third kappa shape index (κ3) is 1.61. The van der Waals surface area contributed by atoms with Gasteiger partial charge in [0.05, 0.1) is 11.7 Å². The molecule has 0 aliphatic carbocycles. The Morgan fingerprint density at radius 1 is 1.22 bits per heavy atom. The molecular weight excluding hydrogens is 224 g/mol. The summed E-state index contributed by atoms with van der Waals surface area (Å²) in [5.74, 6) is 0. The summed E-state index contributed by atoms with van der Waals surface area (Å²) in [5, 5.41) is 11.0. The normalized spacial score (nSPS) is 10.9. The maximum atomic E-state index is 8.91. The maximum Gasteiger partial charge on any atom is 0.141 e. The molecule has 3 rings (SSSR count). The molecule has 4 heteroatoms. The molecule has 88 valence electrons. The van der Waals surface area contributed by atoms with Gasteiger partial charge in [0, 0.05) is 17.0 Å². The van der Waals surface area contributed by atoms with E-state index in [0.717, 1.165) is 34.8 Å². The van der Waals surface area contributed by atoms with E-state index in [1.54, 1.807) is 6.20 Å². The molecule has 0 saturated heterocycles. The lowest BCUT2D eigenvalue weighted by Crippen LogP contribution is -1.85. The molecule has 3 aromatic heterocycles. The number of nitrogens with zero attached hydrogens (tertiary/aromatic N) is 3. The van der Waals surface area contributed by atoms with E-state index in [9.17, 15) is 0 Å². The van der Waals surface area contributed by atoms with Gasteiger partial charge < -0.3 is 4.98 Å². The van der Waals surface area contributed by atoms with Gasteiger partial charge in [0.25, 0.3) is 0 Å². The van der Waals surface area contributed by atoms with Crippen LogP contribution >= 0.6 is 0 Å². The van der Waals surface area contributed by atoms with Crippen LogP contribution in [0.25, 0.3) is 21.9 Å². The molecule has 0 atom stereocenters. The summed E-state index contributed by atoms with van der Waals surface area (Å²) in [6.45, 7) is 2.15. The van der Waals surface area contributed by atoms with Gasteiger partial charge in [-0.25, -0.2) is 9.97 Å². The van der Waals surface area contributed by atoms with Crippen molar-refractivity contribution >= 4 is 21.9 Å². The summed E-state index contributed by atoms with van der Waals surface area (Å²) in [6, 6.07) is 6.02. The molecule has 1 N–H and O–H groups in total. The molecule has 0 bridgehead atoms. The first-order valence-corrected chi connectivity index (χ1v) is 5.98. The molecule has 0 spiro atoms.